The van der Waals surface area contributed by atoms with Crippen LogP contribution in [0.25, 0.3) is 6.08 Å². The molecule has 97 valence electrons. The minimum atomic E-state index is 0. The Bertz CT molecular complexity index is 529. The van der Waals surface area contributed by atoms with Crippen molar-refractivity contribution in [1.82, 2.24) is 4.98 Å². The van der Waals surface area contributed by atoms with Crippen molar-refractivity contribution in [2.45, 2.75) is 12.3 Å². The second-order valence-corrected chi connectivity index (χ2v) is 4.02. The second-order valence-electron chi connectivity index (χ2n) is 4.02. The van der Waals surface area contributed by atoms with Crippen LogP contribution in [-0.4, -0.2) is 4.98 Å². The molecule has 0 aliphatic heterocycles. The van der Waals surface area contributed by atoms with E-state index < -0.39 is 0 Å². The smallest absolute Gasteiger partial charge is 1.00 e. The van der Waals surface area contributed by atoms with Crippen LogP contribution in [0.1, 0.15) is 22.7 Å². The Kier molecular flexibility index (Phi) is 8.06. The van der Waals surface area contributed by atoms with Gasteiger partial charge in [-0.15, -0.1) is 11.6 Å². The second kappa shape index (κ2) is 8.40. The van der Waals surface area contributed by atoms with Crippen LogP contribution in [0.4, 0.5) is 0 Å². The first-order chi connectivity index (χ1) is 7.93. The van der Waals surface area contributed by atoms with Crippen molar-refractivity contribution in [1.29, 1.82) is 0 Å². The molecule has 0 N–H and O–H groups in total. The maximum atomic E-state index is 4.36. The number of fused-ring (bicyclic) bond motifs is 1. The van der Waals surface area contributed by atoms with Gasteiger partial charge in [0.2, 0.25) is 0 Å². The molecule has 0 saturated heterocycles. The molecular formula is C15H12Cl2CrN. The van der Waals surface area contributed by atoms with Gasteiger partial charge in [0.1, 0.15) is 0 Å². The Morgan fingerprint density at radius 1 is 1.00 bits per heavy atom. The first-order valence-corrected chi connectivity index (χ1v) is 5.51. The molecule has 2 aromatic rings. The van der Waals surface area contributed by atoms with E-state index in [1.165, 1.54) is 11.1 Å². The van der Waals surface area contributed by atoms with Crippen LogP contribution < -0.4 is 24.8 Å². The third kappa shape index (κ3) is 4.09. The molecular weight excluding hydrogens is 317 g/mol. The monoisotopic (exact) mass is 328 g/mol. The van der Waals surface area contributed by atoms with E-state index >= 15 is 0 Å². The van der Waals surface area contributed by atoms with Crippen molar-refractivity contribution in [2.24, 2.45) is 0 Å². The van der Waals surface area contributed by atoms with E-state index in [4.69, 9.17) is 0 Å². The van der Waals surface area contributed by atoms with Crippen molar-refractivity contribution in [3.05, 3.63) is 71.6 Å². The van der Waals surface area contributed by atoms with Gasteiger partial charge in [-0.1, -0.05) is 30.2 Å². The van der Waals surface area contributed by atoms with E-state index in [2.05, 4.69) is 47.5 Å². The topological polar surface area (TPSA) is 12.9 Å². The first kappa shape index (κ1) is 18.2. The van der Waals surface area contributed by atoms with Crippen LogP contribution >= 0.6 is 0 Å². The fourth-order valence-electron chi connectivity index (χ4n) is 2.14. The van der Waals surface area contributed by atoms with Gasteiger partial charge in [-0.3, -0.25) is 11.1 Å². The number of benzene rings is 1. The molecule has 19 heavy (non-hydrogen) atoms. The molecule has 1 atom stereocenters. The number of hydrogen-bond acceptors (Lipinski definition) is 1. The molecule has 1 heterocycles. The zero-order valence-corrected chi connectivity index (χ0v) is 12.9. The van der Waals surface area contributed by atoms with Crippen molar-refractivity contribution in [3.8, 4) is 0 Å². The van der Waals surface area contributed by atoms with Gasteiger partial charge in [-0.25, -0.2) is 6.08 Å². The number of rotatable bonds is 2. The molecule has 1 radical (unpaired) electrons. The third-order valence-electron chi connectivity index (χ3n) is 2.95. The fourth-order valence-corrected chi connectivity index (χ4v) is 2.14. The largest absolute Gasteiger partial charge is 3.00 e. The number of allylic oxidation sites excluding steroid dienone is 1. The minimum Gasteiger partial charge on any atom is -1.00 e. The summed E-state index contributed by atoms with van der Waals surface area (Å²) < 4.78 is 0. The molecule has 0 saturated carbocycles. The van der Waals surface area contributed by atoms with E-state index in [1.807, 2.05) is 18.3 Å². The molecule has 3 rings (SSSR count). The summed E-state index contributed by atoms with van der Waals surface area (Å²) in [4.78, 5) is 4.36. The van der Waals surface area contributed by atoms with Gasteiger partial charge in [0.15, 0.2) is 0 Å². The van der Waals surface area contributed by atoms with Gasteiger partial charge in [0, 0.05) is 11.9 Å². The average molecular weight is 329 g/mol. The molecule has 1 unspecified atom stereocenters. The summed E-state index contributed by atoms with van der Waals surface area (Å²) in [5.41, 5.74) is 3.79. The number of halogens is 2. The Hall–Kier alpha value is -0.778. The van der Waals surface area contributed by atoms with Gasteiger partial charge in [-0.05, 0) is 18.6 Å². The summed E-state index contributed by atoms with van der Waals surface area (Å²) in [6.07, 6.45) is 8.28. The number of aromatic nitrogens is 1. The Labute approximate surface area is 137 Å². The molecule has 1 aromatic carbocycles. The predicted molar refractivity (Wildman–Crippen MR) is 64.8 cm³/mol. The summed E-state index contributed by atoms with van der Waals surface area (Å²) in [5, 5.41) is 0. The summed E-state index contributed by atoms with van der Waals surface area (Å²) in [7, 11) is 0. The van der Waals surface area contributed by atoms with E-state index in [9.17, 15) is 0 Å². The van der Waals surface area contributed by atoms with E-state index in [-0.39, 0.29) is 42.2 Å². The van der Waals surface area contributed by atoms with Crippen LogP contribution in [-0.2, 0) is 23.8 Å². The van der Waals surface area contributed by atoms with Gasteiger partial charge < -0.3 is 24.8 Å². The van der Waals surface area contributed by atoms with E-state index in [0.717, 1.165) is 12.1 Å². The molecule has 1 aliphatic rings. The molecule has 0 spiro atoms. The maximum Gasteiger partial charge on any atom is 3.00 e. The number of nitrogens with zero attached hydrogens (tertiary/aromatic N) is 1. The van der Waals surface area contributed by atoms with Crippen molar-refractivity contribution in [3.63, 3.8) is 0 Å². The van der Waals surface area contributed by atoms with Crippen molar-refractivity contribution in [2.75, 3.05) is 0 Å². The summed E-state index contributed by atoms with van der Waals surface area (Å²) in [5.74, 6) is 0.367. The van der Waals surface area contributed by atoms with Crippen LogP contribution in [0.15, 0.2) is 48.7 Å². The average Bonchev–Trinajstić information content (AvgIpc) is 2.74. The molecule has 1 nitrogen and oxygen atoms in total. The first-order valence-electron chi connectivity index (χ1n) is 5.51. The summed E-state index contributed by atoms with van der Waals surface area (Å²) in [6, 6.07) is 14.5. The number of pyridine rings is 1. The van der Waals surface area contributed by atoms with Crippen LogP contribution in [0.3, 0.4) is 0 Å². The van der Waals surface area contributed by atoms with E-state index in [0.29, 0.717) is 5.92 Å². The SMILES string of the molecule is [C-]1=Cc2ccccc2C1Cc1ccccn1.[Cl-].[Cl-].[Cr+3]. The zero-order chi connectivity index (χ0) is 10.8. The molecule has 1 aliphatic carbocycles. The molecule has 0 amide bonds. The third-order valence-corrected chi connectivity index (χ3v) is 2.95. The minimum absolute atomic E-state index is 0. The van der Waals surface area contributed by atoms with Crippen LogP contribution in [0, 0.1) is 6.08 Å². The standard InChI is InChI=1S/C15H12N.2ClH.Cr/c1-2-7-15-12(5-1)8-9-13(15)11-14-6-3-4-10-16-14;;;/h1-8,10,13H,11H2;2*1H;/q-1;;;+3/p-2. The van der Waals surface area contributed by atoms with Crippen molar-refractivity contribution < 1.29 is 42.2 Å². The normalized spacial score (nSPS) is 14.6. The van der Waals surface area contributed by atoms with E-state index in [1.54, 1.807) is 0 Å². The Balaban J connectivity index is 0.00000108. The number of hydrogen-bond donors (Lipinski definition) is 0. The molecule has 0 bridgehead atoms. The van der Waals surface area contributed by atoms with Crippen molar-refractivity contribution >= 4 is 6.08 Å². The maximum absolute atomic E-state index is 4.36. The van der Waals surface area contributed by atoms with Gasteiger partial charge >= 0.3 is 17.4 Å². The molecule has 1 aromatic heterocycles. The Morgan fingerprint density at radius 3 is 2.47 bits per heavy atom. The van der Waals surface area contributed by atoms with Gasteiger partial charge in [0.25, 0.3) is 0 Å². The quantitative estimate of drug-likeness (QED) is 0.545. The summed E-state index contributed by atoms with van der Waals surface area (Å²) in [6.45, 7) is 0. The molecule has 4 heteroatoms. The Morgan fingerprint density at radius 2 is 1.74 bits per heavy atom. The summed E-state index contributed by atoms with van der Waals surface area (Å²) >= 11 is 0. The van der Waals surface area contributed by atoms with Crippen LogP contribution in [0.2, 0.25) is 0 Å². The van der Waals surface area contributed by atoms with Crippen LogP contribution in [0.5, 0.6) is 0 Å². The van der Waals surface area contributed by atoms with Gasteiger partial charge in [0.05, 0.1) is 0 Å². The fraction of sp³-hybridized carbons (Fsp3) is 0.133. The molecule has 0 fully saturated rings. The van der Waals surface area contributed by atoms with Gasteiger partial charge in [-0.2, -0.15) is 5.56 Å². The predicted octanol–water partition coefficient (Wildman–Crippen LogP) is -2.76. The zero-order valence-electron chi connectivity index (χ0n) is 10.1.